The van der Waals surface area contributed by atoms with E-state index < -0.39 is 5.97 Å². The van der Waals surface area contributed by atoms with Gasteiger partial charge in [-0.3, -0.25) is 0 Å². The summed E-state index contributed by atoms with van der Waals surface area (Å²) in [6.07, 6.45) is 5.78. The highest BCUT2D eigenvalue weighted by Crippen LogP contribution is 2.22. The zero-order valence-corrected chi connectivity index (χ0v) is 8.48. The molecule has 2 rings (SSSR count). The van der Waals surface area contributed by atoms with Gasteiger partial charge in [-0.15, -0.1) is 0 Å². The van der Waals surface area contributed by atoms with Crippen molar-refractivity contribution in [1.82, 2.24) is 4.98 Å². The first kappa shape index (κ1) is 9.96. The minimum absolute atomic E-state index is 0.0545. The molecule has 0 aromatic carbocycles. The number of rotatable bonds is 2. The predicted octanol–water partition coefficient (Wildman–Crippen LogP) is 1.76. The number of pyridine rings is 1. The first-order valence-corrected chi connectivity index (χ1v) is 5.19. The Morgan fingerprint density at radius 1 is 1.47 bits per heavy atom. The molecule has 0 saturated heterocycles. The molecule has 1 aliphatic carbocycles. The van der Waals surface area contributed by atoms with Crippen LogP contribution in [0.4, 0.5) is 5.69 Å². The molecule has 1 aromatic heterocycles. The predicted molar refractivity (Wildman–Crippen MR) is 56.3 cm³/mol. The molecular formula is C11H14N2O2. The average molecular weight is 206 g/mol. The summed E-state index contributed by atoms with van der Waals surface area (Å²) in [5.74, 6) is -0.403. The Kier molecular flexibility index (Phi) is 2.85. The van der Waals surface area contributed by atoms with E-state index in [0.717, 1.165) is 25.7 Å². The number of carbonyl (C=O) groups is 1. The van der Waals surface area contributed by atoms with Crippen molar-refractivity contribution in [2.45, 2.75) is 31.8 Å². The number of nitrogens with zero attached hydrogens (tertiary/aromatic N) is 1. The second-order valence-electron chi connectivity index (χ2n) is 3.75. The highest BCUT2D eigenvalue weighted by Gasteiger charge is 2.21. The molecule has 0 unspecified atom stereocenters. The first-order valence-electron chi connectivity index (χ1n) is 5.19. The van der Waals surface area contributed by atoms with Crippen molar-refractivity contribution in [3.63, 3.8) is 0 Å². The number of hydrogen-bond acceptors (Lipinski definition) is 4. The van der Waals surface area contributed by atoms with E-state index in [-0.39, 0.29) is 11.8 Å². The molecule has 2 N–H and O–H groups in total. The Morgan fingerprint density at radius 2 is 2.20 bits per heavy atom. The molecule has 4 heteroatoms. The highest BCUT2D eigenvalue weighted by atomic mass is 16.5. The van der Waals surface area contributed by atoms with Crippen molar-refractivity contribution < 1.29 is 9.53 Å². The normalized spacial score (nSPS) is 16.5. The molecule has 0 bridgehead atoms. The minimum atomic E-state index is -0.403. The Labute approximate surface area is 88.4 Å². The lowest BCUT2D eigenvalue weighted by atomic mass is 10.3. The van der Waals surface area contributed by atoms with E-state index in [0.29, 0.717) is 5.69 Å². The van der Waals surface area contributed by atoms with Crippen molar-refractivity contribution in [2.75, 3.05) is 5.73 Å². The molecule has 0 amide bonds. The summed E-state index contributed by atoms with van der Waals surface area (Å²) in [6, 6.07) is 3.35. The van der Waals surface area contributed by atoms with Gasteiger partial charge in [0.05, 0.1) is 5.69 Å². The van der Waals surface area contributed by atoms with Crippen molar-refractivity contribution in [1.29, 1.82) is 0 Å². The lowest BCUT2D eigenvalue weighted by molar-refractivity contribution is 0.0312. The van der Waals surface area contributed by atoms with Crippen LogP contribution in [0.1, 0.15) is 36.2 Å². The number of nitrogen functional groups attached to an aromatic ring is 1. The number of ether oxygens (including phenoxy) is 1. The van der Waals surface area contributed by atoms with Gasteiger partial charge in [0.25, 0.3) is 0 Å². The maximum absolute atomic E-state index is 11.7. The molecule has 1 fully saturated rings. The molecule has 1 aliphatic rings. The molecule has 0 radical (unpaired) electrons. The zero-order valence-electron chi connectivity index (χ0n) is 8.48. The van der Waals surface area contributed by atoms with Crippen LogP contribution >= 0.6 is 0 Å². The van der Waals surface area contributed by atoms with Gasteiger partial charge in [-0.25, -0.2) is 9.78 Å². The van der Waals surface area contributed by atoms with E-state index >= 15 is 0 Å². The van der Waals surface area contributed by atoms with Crippen LogP contribution in [0.15, 0.2) is 18.3 Å². The molecular weight excluding hydrogens is 192 g/mol. The SMILES string of the molecule is Nc1cccnc1C(=O)OC1CCCC1. The fourth-order valence-corrected chi connectivity index (χ4v) is 1.80. The van der Waals surface area contributed by atoms with Crippen LogP contribution < -0.4 is 5.73 Å². The van der Waals surface area contributed by atoms with Gasteiger partial charge in [-0.05, 0) is 37.8 Å². The molecule has 4 nitrogen and oxygen atoms in total. The Balaban J connectivity index is 2.04. The molecule has 80 valence electrons. The van der Waals surface area contributed by atoms with E-state index in [1.165, 1.54) is 0 Å². The van der Waals surface area contributed by atoms with Crippen LogP contribution in [-0.4, -0.2) is 17.1 Å². The monoisotopic (exact) mass is 206 g/mol. The number of nitrogens with two attached hydrogens (primary N) is 1. The van der Waals surface area contributed by atoms with E-state index in [2.05, 4.69) is 4.98 Å². The quantitative estimate of drug-likeness (QED) is 0.749. The van der Waals surface area contributed by atoms with Gasteiger partial charge in [-0.1, -0.05) is 0 Å². The summed E-state index contributed by atoms with van der Waals surface area (Å²) >= 11 is 0. The summed E-state index contributed by atoms with van der Waals surface area (Å²) < 4.78 is 5.30. The van der Waals surface area contributed by atoms with E-state index in [9.17, 15) is 4.79 Å². The molecule has 0 spiro atoms. The van der Waals surface area contributed by atoms with Crippen LogP contribution in [-0.2, 0) is 4.74 Å². The Morgan fingerprint density at radius 3 is 2.87 bits per heavy atom. The lowest BCUT2D eigenvalue weighted by Crippen LogP contribution is -2.17. The van der Waals surface area contributed by atoms with Crippen molar-refractivity contribution in [2.24, 2.45) is 0 Å². The number of hydrogen-bond donors (Lipinski definition) is 1. The van der Waals surface area contributed by atoms with Crippen molar-refractivity contribution in [3.05, 3.63) is 24.0 Å². The number of esters is 1. The Bertz CT molecular complexity index is 359. The molecule has 15 heavy (non-hydrogen) atoms. The third kappa shape index (κ3) is 2.26. The van der Waals surface area contributed by atoms with Crippen LogP contribution in [0.25, 0.3) is 0 Å². The van der Waals surface area contributed by atoms with E-state index in [1.54, 1.807) is 18.3 Å². The van der Waals surface area contributed by atoms with Crippen molar-refractivity contribution in [3.8, 4) is 0 Å². The second-order valence-corrected chi connectivity index (χ2v) is 3.75. The topological polar surface area (TPSA) is 65.2 Å². The summed E-state index contributed by atoms with van der Waals surface area (Å²) in [7, 11) is 0. The standard InChI is InChI=1S/C11H14N2O2/c12-9-6-3-7-13-10(9)11(14)15-8-4-1-2-5-8/h3,6-8H,1-2,4-5,12H2. The van der Waals surface area contributed by atoms with Gasteiger partial charge >= 0.3 is 5.97 Å². The largest absolute Gasteiger partial charge is 0.458 e. The second kappa shape index (κ2) is 4.29. The van der Waals surface area contributed by atoms with Gasteiger partial charge in [0, 0.05) is 6.20 Å². The summed E-state index contributed by atoms with van der Waals surface area (Å²) in [5, 5.41) is 0. The molecule has 1 aromatic rings. The summed E-state index contributed by atoms with van der Waals surface area (Å²) in [4.78, 5) is 15.6. The third-order valence-electron chi connectivity index (χ3n) is 2.61. The lowest BCUT2D eigenvalue weighted by Gasteiger charge is -2.11. The van der Waals surface area contributed by atoms with Crippen LogP contribution in [0, 0.1) is 0 Å². The minimum Gasteiger partial charge on any atom is -0.458 e. The summed E-state index contributed by atoms with van der Waals surface area (Å²) in [5.41, 5.74) is 6.23. The zero-order chi connectivity index (χ0) is 10.7. The van der Waals surface area contributed by atoms with E-state index in [4.69, 9.17) is 10.5 Å². The van der Waals surface area contributed by atoms with Crippen LogP contribution in [0.2, 0.25) is 0 Å². The molecule has 0 atom stereocenters. The third-order valence-corrected chi connectivity index (χ3v) is 2.61. The van der Waals surface area contributed by atoms with Gasteiger partial charge in [-0.2, -0.15) is 0 Å². The fourth-order valence-electron chi connectivity index (χ4n) is 1.80. The average Bonchev–Trinajstić information content (AvgIpc) is 2.71. The van der Waals surface area contributed by atoms with Gasteiger partial charge in [0.2, 0.25) is 0 Å². The number of anilines is 1. The molecule has 1 heterocycles. The maximum atomic E-state index is 11.7. The van der Waals surface area contributed by atoms with Crippen LogP contribution in [0.5, 0.6) is 0 Å². The summed E-state index contributed by atoms with van der Waals surface area (Å²) in [6.45, 7) is 0. The highest BCUT2D eigenvalue weighted by molar-refractivity contribution is 5.92. The number of aromatic nitrogens is 1. The van der Waals surface area contributed by atoms with Crippen molar-refractivity contribution >= 4 is 11.7 Å². The van der Waals surface area contributed by atoms with Crippen LogP contribution in [0.3, 0.4) is 0 Å². The first-order chi connectivity index (χ1) is 7.27. The van der Waals surface area contributed by atoms with Gasteiger partial charge < -0.3 is 10.5 Å². The smallest absolute Gasteiger partial charge is 0.359 e. The van der Waals surface area contributed by atoms with E-state index in [1.807, 2.05) is 0 Å². The Hall–Kier alpha value is -1.58. The molecule has 0 aliphatic heterocycles. The van der Waals surface area contributed by atoms with Gasteiger partial charge in [0.15, 0.2) is 5.69 Å². The van der Waals surface area contributed by atoms with Gasteiger partial charge in [0.1, 0.15) is 6.10 Å². The maximum Gasteiger partial charge on any atom is 0.359 e. The number of carbonyl (C=O) groups excluding carboxylic acids is 1. The fraction of sp³-hybridized carbons (Fsp3) is 0.455. The molecule has 1 saturated carbocycles.